The molecule has 6 heteroatoms. The van der Waals surface area contributed by atoms with E-state index in [9.17, 15) is 14.4 Å². The second kappa shape index (κ2) is 68.8. The number of hydrogen-bond acceptors (Lipinski definition) is 6. The lowest BCUT2D eigenvalue weighted by atomic mass is 10.1. The van der Waals surface area contributed by atoms with Gasteiger partial charge in [-0.2, -0.15) is 0 Å². The Morgan fingerprint density at radius 2 is 0.476 bits per heavy atom. The van der Waals surface area contributed by atoms with Gasteiger partial charge in [0.1, 0.15) is 13.2 Å². The van der Waals surface area contributed by atoms with Crippen LogP contribution >= 0.6 is 0 Å². The van der Waals surface area contributed by atoms with Crippen LogP contribution in [-0.4, -0.2) is 37.2 Å². The zero-order valence-electron chi connectivity index (χ0n) is 53.2. The van der Waals surface area contributed by atoms with Gasteiger partial charge < -0.3 is 14.2 Å². The number of carbonyl (C=O) groups is 3. The van der Waals surface area contributed by atoms with Gasteiger partial charge in [0.2, 0.25) is 0 Å². The second-order valence-corrected chi connectivity index (χ2v) is 22.0. The van der Waals surface area contributed by atoms with Crippen LogP contribution in [0.15, 0.2) is 146 Å². The lowest BCUT2D eigenvalue weighted by Crippen LogP contribution is -2.30. The fourth-order valence-electron chi connectivity index (χ4n) is 9.06. The summed E-state index contributed by atoms with van der Waals surface area (Å²) in [4.78, 5) is 38.4. The highest BCUT2D eigenvalue weighted by Crippen LogP contribution is 2.15. The molecule has 0 aliphatic rings. The molecule has 0 amide bonds. The number of carbonyl (C=O) groups excluding carboxylic acids is 3. The first-order valence-electron chi connectivity index (χ1n) is 33.8. The zero-order valence-corrected chi connectivity index (χ0v) is 53.2. The van der Waals surface area contributed by atoms with Crippen molar-refractivity contribution >= 4 is 17.9 Å². The summed E-state index contributed by atoms with van der Waals surface area (Å²) in [5.41, 5.74) is 0. The van der Waals surface area contributed by atoms with Crippen LogP contribution in [0.5, 0.6) is 0 Å². The van der Waals surface area contributed by atoms with E-state index >= 15 is 0 Å². The predicted molar refractivity (Wildman–Crippen MR) is 357 cm³/mol. The van der Waals surface area contributed by atoms with Crippen LogP contribution in [0, 0.1) is 0 Å². The Kier molecular flexibility index (Phi) is 64.8. The molecule has 464 valence electrons. The van der Waals surface area contributed by atoms with Crippen molar-refractivity contribution in [1.82, 2.24) is 0 Å². The van der Waals surface area contributed by atoms with Crippen molar-refractivity contribution in [3.05, 3.63) is 146 Å². The molecule has 0 saturated carbocycles. The number of ether oxygens (including phenoxy) is 3. The molecule has 1 unspecified atom stereocenters. The average molecular weight is 1130 g/mol. The maximum absolute atomic E-state index is 12.9. The van der Waals surface area contributed by atoms with Gasteiger partial charge >= 0.3 is 17.9 Å². The van der Waals surface area contributed by atoms with Crippen LogP contribution in [0.25, 0.3) is 0 Å². The summed E-state index contributed by atoms with van der Waals surface area (Å²) in [5, 5.41) is 0. The highest BCUT2D eigenvalue weighted by atomic mass is 16.6. The summed E-state index contributed by atoms with van der Waals surface area (Å²) >= 11 is 0. The molecular formula is C76H124O6. The molecule has 0 fully saturated rings. The summed E-state index contributed by atoms with van der Waals surface area (Å²) in [6.45, 7) is 6.40. The molecule has 6 nitrogen and oxygen atoms in total. The highest BCUT2D eigenvalue weighted by molar-refractivity contribution is 5.71. The summed E-state index contributed by atoms with van der Waals surface area (Å²) in [6.07, 6.45) is 98.5. The standard InChI is InChI=1S/C76H124O6/c1-4-7-10-13-16-19-22-25-28-31-32-33-34-35-36-37-38-39-40-41-42-43-44-46-48-51-54-57-60-63-66-69-75(78)81-72-73(71-80-74(77)68-65-62-59-56-53-50-47-30-27-24-21-18-15-12-9-6-3)82-76(79)70-67-64-61-58-55-52-49-45-29-26-23-20-17-14-11-8-5-2/h7-8,10-11,16-17,19-20,25-26,28-30,32-33,35-36,38-39,41-42,44,46-47,73H,4-6,9,12-15,18,21-24,27,31,34,37,40,43,45,48-72H2,1-3H3/b10-7-,11-8-,19-16-,20-17-,28-25-,29-26-,33-32-,36-35-,39-38-,42-41-,46-44-,47-30-. The van der Waals surface area contributed by atoms with E-state index in [0.717, 1.165) is 154 Å². The molecule has 0 radical (unpaired) electrons. The van der Waals surface area contributed by atoms with Gasteiger partial charge in [-0.1, -0.05) is 282 Å². The first-order valence-corrected chi connectivity index (χ1v) is 33.8. The largest absolute Gasteiger partial charge is 0.462 e. The van der Waals surface area contributed by atoms with E-state index in [0.29, 0.717) is 19.3 Å². The molecule has 0 aromatic carbocycles. The average Bonchev–Trinajstić information content (AvgIpc) is 3.48. The molecule has 0 saturated heterocycles. The van der Waals surface area contributed by atoms with Crippen LogP contribution in [0.3, 0.4) is 0 Å². The highest BCUT2D eigenvalue weighted by Gasteiger charge is 2.19. The predicted octanol–water partition coefficient (Wildman–Crippen LogP) is 23.5. The maximum Gasteiger partial charge on any atom is 0.306 e. The summed E-state index contributed by atoms with van der Waals surface area (Å²) in [5.74, 6) is -0.924. The Labute approximate surface area is 506 Å². The van der Waals surface area contributed by atoms with Crippen molar-refractivity contribution in [2.24, 2.45) is 0 Å². The van der Waals surface area contributed by atoms with Crippen molar-refractivity contribution in [3.63, 3.8) is 0 Å². The lowest BCUT2D eigenvalue weighted by Gasteiger charge is -2.18. The fourth-order valence-corrected chi connectivity index (χ4v) is 9.06. The molecule has 0 bridgehead atoms. The topological polar surface area (TPSA) is 78.9 Å². The van der Waals surface area contributed by atoms with Crippen molar-refractivity contribution in [1.29, 1.82) is 0 Å². The normalized spacial score (nSPS) is 13.1. The molecule has 1 atom stereocenters. The number of hydrogen-bond donors (Lipinski definition) is 0. The summed E-state index contributed by atoms with van der Waals surface area (Å²) < 4.78 is 16.9. The van der Waals surface area contributed by atoms with Gasteiger partial charge in [0.15, 0.2) is 6.10 Å². The van der Waals surface area contributed by atoms with Crippen LogP contribution in [0.4, 0.5) is 0 Å². The molecule has 0 N–H and O–H groups in total. The molecule has 0 aromatic rings. The second-order valence-electron chi connectivity index (χ2n) is 22.0. The summed E-state index contributed by atoms with van der Waals surface area (Å²) in [6, 6.07) is 0. The SMILES string of the molecule is CC/C=C\C/C=C\C/C=C\C/C=C\C/C=C\C/C=C\C/C=C\C/C=C\CCCCCCCCC(=O)OCC(COC(=O)CCCCCCC/C=C\CCCCCCCCC)OC(=O)CCCCCCCCC/C=C\C/C=C\C/C=C\CC. The zero-order chi connectivity index (χ0) is 59.2. The van der Waals surface area contributed by atoms with Crippen molar-refractivity contribution in [3.8, 4) is 0 Å². The molecule has 82 heavy (non-hydrogen) atoms. The minimum atomic E-state index is -0.800. The van der Waals surface area contributed by atoms with E-state index in [1.165, 1.54) is 103 Å². The Morgan fingerprint density at radius 3 is 0.756 bits per heavy atom. The van der Waals surface area contributed by atoms with Gasteiger partial charge in [-0.05, 0) is 141 Å². The van der Waals surface area contributed by atoms with Crippen LogP contribution < -0.4 is 0 Å². The first-order chi connectivity index (χ1) is 40.5. The maximum atomic E-state index is 12.9. The third-order valence-electron chi connectivity index (χ3n) is 14.1. The quantitative estimate of drug-likeness (QED) is 0.0261. The Bertz CT molecular complexity index is 1780. The molecule has 0 aliphatic heterocycles. The Balaban J connectivity index is 4.39. The van der Waals surface area contributed by atoms with E-state index in [1.54, 1.807) is 0 Å². The number of allylic oxidation sites excluding steroid dienone is 24. The lowest BCUT2D eigenvalue weighted by molar-refractivity contribution is -0.167. The van der Waals surface area contributed by atoms with E-state index in [-0.39, 0.29) is 31.1 Å². The Morgan fingerprint density at radius 1 is 0.256 bits per heavy atom. The third-order valence-corrected chi connectivity index (χ3v) is 14.1. The van der Waals surface area contributed by atoms with Crippen LogP contribution in [0.2, 0.25) is 0 Å². The molecule has 0 aliphatic carbocycles. The first kappa shape index (κ1) is 77.3. The van der Waals surface area contributed by atoms with E-state index in [1.807, 2.05) is 0 Å². The molecule has 0 heterocycles. The third kappa shape index (κ3) is 66.1. The van der Waals surface area contributed by atoms with Gasteiger partial charge in [0, 0.05) is 19.3 Å². The van der Waals surface area contributed by atoms with Gasteiger partial charge in [0.05, 0.1) is 0 Å². The van der Waals surface area contributed by atoms with Crippen LogP contribution in [0.1, 0.15) is 297 Å². The minimum absolute atomic E-state index is 0.0947. The fraction of sp³-hybridized carbons (Fsp3) is 0.645. The van der Waals surface area contributed by atoms with Gasteiger partial charge in [0.25, 0.3) is 0 Å². The number of rotatable bonds is 60. The Hall–Kier alpha value is -4.71. The van der Waals surface area contributed by atoms with Gasteiger partial charge in [-0.15, -0.1) is 0 Å². The van der Waals surface area contributed by atoms with Crippen molar-refractivity contribution in [2.75, 3.05) is 13.2 Å². The smallest absolute Gasteiger partial charge is 0.306 e. The van der Waals surface area contributed by atoms with E-state index in [4.69, 9.17) is 14.2 Å². The van der Waals surface area contributed by atoms with Crippen molar-refractivity contribution < 1.29 is 28.6 Å². The number of esters is 3. The van der Waals surface area contributed by atoms with Crippen LogP contribution in [-0.2, 0) is 28.6 Å². The molecule has 0 aromatic heterocycles. The van der Waals surface area contributed by atoms with Gasteiger partial charge in [-0.3, -0.25) is 14.4 Å². The molecule has 0 spiro atoms. The van der Waals surface area contributed by atoms with E-state index in [2.05, 4.69) is 167 Å². The molecular weight excluding hydrogens is 1010 g/mol. The van der Waals surface area contributed by atoms with Crippen molar-refractivity contribution in [2.45, 2.75) is 303 Å². The minimum Gasteiger partial charge on any atom is -0.462 e. The summed E-state index contributed by atoms with van der Waals surface area (Å²) in [7, 11) is 0. The van der Waals surface area contributed by atoms with Gasteiger partial charge in [-0.25, -0.2) is 0 Å². The number of unbranched alkanes of at least 4 members (excludes halogenated alkanes) is 25. The van der Waals surface area contributed by atoms with E-state index < -0.39 is 6.10 Å². The molecule has 0 rings (SSSR count). The monoisotopic (exact) mass is 1130 g/mol.